The van der Waals surface area contributed by atoms with Crippen LogP contribution in [0.3, 0.4) is 0 Å². The Balaban J connectivity index is 2.11. The minimum Gasteiger partial charge on any atom is -0.507 e. The number of hydrogen-bond acceptors (Lipinski definition) is 3. The lowest BCUT2D eigenvalue weighted by Gasteiger charge is -2.13. The number of Topliss-reactive ketones (excluding diaryl/α,β-unsaturated/α-hetero) is 1. The van der Waals surface area contributed by atoms with Crippen LogP contribution in [0.15, 0.2) is 59.0 Å². The average Bonchev–Trinajstić information content (AvgIpc) is 2.48. The van der Waals surface area contributed by atoms with Gasteiger partial charge in [0.1, 0.15) is 5.76 Å². The number of aliphatic hydroxyl groups excluding tert-OH is 1. The van der Waals surface area contributed by atoms with Gasteiger partial charge in [-0.05, 0) is 50.8 Å². The number of aryl methyl sites for hydroxylation is 1. The molecule has 3 heteroatoms. The number of carbonyl (C=O) groups is 1. The molecule has 1 N–H and O–H groups in total. The number of rotatable bonds is 4. The van der Waals surface area contributed by atoms with Crippen LogP contribution in [-0.4, -0.2) is 15.9 Å². The van der Waals surface area contributed by atoms with Crippen molar-refractivity contribution in [2.45, 2.75) is 39.5 Å². The van der Waals surface area contributed by atoms with Crippen molar-refractivity contribution in [1.82, 2.24) is 4.98 Å². The van der Waals surface area contributed by atoms with Crippen LogP contribution >= 0.6 is 0 Å². The number of nitrogens with zero attached hydrogens (tertiary/aromatic N) is 1. The molecule has 21 heavy (non-hydrogen) atoms. The summed E-state index contributed by atoms with van der Waals surface area (Å²) in [5.74, 6) is 0.160. The van der Waals surface area contributed by atoms with Gasteiger partial charge in [-0.2, -0.15) is 0 Å². The number of ketones is 1. The van der Waals surface area contributed by atoms with Gasteiger partial charge in [0.25, 0.3) is 0 Å². The first-order valence-electron chi connectivity index (χ1n) is 7.28. The van der Waals surface area contributed by atoms with Crippen molar-refractivity contribution in [2.75, 3.05) is 0 Å². The number of pyridine rings is 1. The van der Waals surface area contributed by atoms with E-state index >= 15 is 0 Å². The molecule has 0 bridgehead atoms. The third-order valence-corrected chi connectivity index (χ3v) is 3.64. The van der Waals surface area contributed by atoms with Gasteiger partial charge in [0, 0.05) is 23.9 Å². The second-order valence-electron chi connectivity index (χ2n) is 5.39. The second kappa shape index (κ2) is 7.02. The van der Waals surface area contributed by atoms with Crippen LogP contribution in [0.5, 0.6) is 0 Å². The van der Waals surface area contributed by atoms with Crippen LogP contribution in [0.25, 0.3) is 0 Å². The van der Waals surface area contributed by atoms with Gasteiger partial charge in [0.15, 0.2) is 5.78 Å². The standard InChI is InChI=1S/C18H21NO2/c1-13-6-5-8-16(18(21)14(2)12-13)17(20)10-9-15-7-3-4-11-19-15/h3-4,6-7,11-12,21H,5,8-10H2,1-2H3/b13-6-,14-12-,18-16?. The highest BCUT2D eigenvalue weighted by atomic mass is 16.3. The first-order chi connectivity index (χ1) is 10.1. The van der Waals surface area contributed by atoms with E-state index in [0.717, 1.165) is 23.3 Å². The molecule has 0 aromatic carbocycles. The highest BCUT2D eigenvalue weighted by molar-refractivity contribution is 5.96. The van der Waals surface area contributed by atoms with E-state index in [2.05, 4.69) is 11.1 Å². The molecule has 110 valence electrons. The molecule has 1 aliphatic carbocycles. The van der Waals surface area contributed by atoms with Gasteiger partial charge in [-0.1, -0.05) is 23.8 Å². The summed E-state index contributed by atoms with van der Waals surface area (Å²) >= 11 is 0. The number of aliphatic hydroxyl groups is 1. The Morgan fingerprint density at radius 3 is 2.86 bits per heavy atom. The maximum atomic E-state index is 12.4. The summed E-state index contributed by atoms with van der Waals surface area (Å²) in [5.41, 5.74) is 3.33. The second-order valence-corrected chi connectivity index (χ2v) is 5.39. The van der Waals surface area contributed by atoms with Gasteiger partial charge in [0.05, 0.1) is 0 Å². The van der Waals surface area contributed by atoms with Gasteiger partial charge in [-0.3, -0.25) is 9.78 Å². The van der Waals surface area contributed by atoms with E-state index in [9.17, 15) is 9.90 Å². The number of hydrogen-bond donors (Lipinski definition) is 1. The monoisotopic (exact) mass is 283 g/mol. The quantitative estimate of drug-likeness (QED) is 0.905. The summed E-state index contributed by atoms with van der Waals surface area (Å²) in [6.07, 6.45) is 8.11. The summed E-state index contributed by atoms with van der Waals surface area (Å²) in [6, 6.07) is 5.69. The summed E-state index contributed by atoms with van der Waals surface area (Å²) in [5, 5.41) is 10.3. The van der Waals surface area contributed by atoms with Crippen molar-refractivity contribution in [3.05, 3.63) is 64.7 Å². The molecule has 0 aliphatic heterocycles. The highest BCUT2D eigenvalue weighted by Gasteiger charge is 2.17. The van der Waals surface area contributed by atoms with Gasteiger partial charge < -0.3 is 5.11 Å². The predicted molar refractivity (Wildman–Crippen MR) is 84.0 cm³/mol. The first-order valence-corrected chi connectivity index (χ1v) is 7.28. The molecule has 0 atom stereocenters. The normalized spacial score (nSPS) is 20.9. The van der Waals surface area contributed by atoms with Crippen LogP contribution in [0.4, 0.5) is 0 Å². The fourth-order valence-electron chi connectivity index (χ4n) is 2.48. The smallest absolute Gasteiger partial charge is 0.162 e. The fourth-order valence-corrected chi connectivity index (χ4v) is 2.48. The van der Waals surface area contributed by atoms with E-state index in [1.54, 1.807) is 6.20 Å². The Hall–Kier alpha value is -2.16. The Bertz CT molecular complexity index is 609. The molecule has 0 radical (unpaired) electrons. The lowest BCUT2D eigenvalue weighted by atomic mass is 9.94. The Kier molecular flexibility index (Phi) is 5.09. The van der Waals surface area contributed by atoms with Crippen molar-refractivity contribution in [3.63, 3.8) is 0 Å². The summed E-state index contributed by atoms with van der Waals surface area (Å²) in [7, 11) is 0. The van der Waals surface area contributed by atoms with Crippen molar-refractivity contribution < 1.29 is 9.90 Å². The minimum atomic E-state index is 0.0128. The first kappa shape index (κ1) is 15.2. The number of allylic oxidation sites excluding steroid dienone is 5. The van der Waals surface area contributed by atoms with E-state index in [1.165, 1.54) is 0 Å². The average molecular weight is 283 g/mol. The molecule has 0 spiro atoms. The lowest BCUT2D eigenvalue weighted by Crippen LogP contribution is -2.09. The van der Waals surface area contributed by atoms with Gasteiger partial charge >= 0.3 is 0 Å². The van der Waals surface area contributed by atoms with Crippen LogP contribution in [0, 0.1) is 0 Å². The van der Waals surface area contributed by atoms with E-state index in [-0.39, 0.29) is 11.5 Å². The van der Waals surface area contributed by atoms with Crippen LogP contribution < -0.4 is 0 Å². The van der Waals surface area contributed by atoms with Gasteiger partial charge in [0.2, 0.25) is 0 Å². The number of carbonyl (C=O) groups excluding carboxylic acids is 1. The molecule has 1 aromatic heterocycles. The number of aromatic nitrogens is 1. The molecule has 0 unspecified atom stereocenters. The molecular formula is C18H21NO2. The lowest BCUT2D eigenvalue weighted by molar-refractivity contribution is -0.115. The molecule has 0 fully saturated rings. The van der Waals surface area contributed by atoms with Crippen molar-refractivity contribution in [2.24, 2.45) is 0 Å². The topological polar surface area (TPSA) is 50.2 Å². The molecule has 1 heterocycles. The van der Waals surface area contributed by atoms with Gasteiger partial charge in [-0.25, -0.2) is 0 Å². The zero-order chi connectivity index (χ0) is 15.2. The Morgan fingerprint density at radius 2 is 2.14 bits per heavy atom. The molecule has 0 amide bonds. The minimum absolute atomic E-state index is 0.0128. The maximum absolute atomic E-state index is 12.4. The van der Waals surface area contributed by atoms with Crippen molar-refractivity contribution in [1.29, 1.82) is 0 Å². The van der Waals surface area contributed by atoms with E-state index < -0.39 is 0 Å². The Morgan fingerprint density at radius 1 is 1.33 bits per heavy atom. The largest absolute Gasteiger partial charge is 0.507 e. The zero-order valence-electron chi connectivity index (χ0n) is 12.6. The van der Waals surface area contributed by atoms with E-state index in [4.69, 9.17) is 0 Å². The van der Waals surface area contributed by atoms with Crippen molar-refractivity contribution in [3.8, 4) is 0 Å². The molecule has 0 saturated carbocycles. The molecular weight excluding hydrogens is 262 g/mol. The molecule has 2 rings (SSSR count). The zero-order valence-corrected chi connectivity index (χ0v) is 12.6. The summed E-state index contributed by atoms with van der Waals surface area (Å²) in [4.78, 5) is 16.6. The maximum Gasteiger partial charge on any atom is 0.162 e. The molecule has 1 aromatic rings. The van der Waals surface area contributed by atoms with E-state index in [1.807, 2.05) is 38.1 Å². The SMILES string of the molecule is CC1=C/CCC(C(=O)CCc2ccccn2)=C(O)/C(C)=C\1. The summed E-state index contributed by atoms with van der Waals surface area (Å²) in [6.45, 7) is 3.84. The Labute approximate surface area is 125 Å². The van der Waals surface area contributed by atoms with Crippen LogP contribution in [0.1, 0.15) is 38.8 Å². The van der Waals surface area contributed by atoms with Crippen LogP contribution in [0.2, 0.25) is 0 Å². The van der Waals surface area contributed by atoms with E-state index in [0.29, 0.717) is 24.8 Å². The molecule has 0 saturated heterocycles. The third-order valence-electron chi connectivity index (χ3n) is 3.64. The highest BCUT2D eigenvalue weighted by Crippen LogP contribution is 2.23. The molecule has 1 aliphatic rings. The van der Waals surface area contributed by atoms with Crippen molar-refractivity contribution >= 4 is 5.78 Å². The fraction of sp³-hybridized carbons (Fsp3) is 0.333. The molecule has 3 nitrogen and oxygen atoms in total. The third kappa shape index (κ3) is 4.15. The summed E-state index contributed by atoms with van der Waals surface area (Å²) < 4.78 is 0. The predicted octanol–water partition coefficient (Wildman–Crippen LogP) is 4.08. The van der Waals surface area contributed by atoms with Crippen LogP contribution in [-0.2, 0) is 11.2 Å². The van der Waals surface area contributed by atoms with Gasteiger partial charge in [-0.15, -0.1) is 0 Å².